The molecule has 0 radical (unpaired) electrons. The number of carboxylic acid groups (broad SMARTS) is 4. The Kier molecular flexibility index (Phi) is 10.8. The van der Waals surface area contributed by atoms with Crippen molar-refractivity contribution in [3.8, 4) is 0 Å². The van der Waals surface area contributed by atoms with E-state index < -0.39 is 36.0 Å². The van der Waals surface area contributed by atoms with Crippen LogP contribution in [0.2, 0.25) is 0 Å². The molecule has 0 aliphatic rings. The zero-order valence-corrected chi connectivity index (χ0v) is 10.4. The molecule has 10 heteroatoms. The van der Waals surface area contributed by atoms with Gasteiger partial charge in [-0.1, -0.05) is 0 Å². The minimum Gasteiger partial charge on any atom is -0.481 e. The highest BCUT2D eigenvalue weighted by Gasteiger charge is 2.13. The van der Waals surface area contributed by atoms with Gasteiger partial charge in [0.05, 0.1) is 0 Å². The number of aliphatic hydroxyl groups excluding tert-OH is 1. The Morgan fingerprint density at radius 2 is 1.20 bits per heavy atom. The smallest absolute Gasteiger partial charge is 0.332 e. The number of carbonyl (C=O) groups is 4. The summed E-state index contributed by atoms with van der Waals surface area (Å²) in [5, 5.41) is 40.9. The summed E-state index contributed by atoms with van der Waals surface area (Å²) >= 11 is 0. The van der Waals surface area contributed by atoms with Crippen molar-refractivity contribution < 1.29 is 44.7 Å². The lowest BCUT2D eigenvalue weighted by molar-refractivity contribution is -0.148. The minimum absolute atomic E-state index is 0.0231. The highest BCUT2D eigenvalue weighted by Crippen LogP contribution is 1.96. The van der Waals surface area contributed by atoms with Crippen LogP contribution in [0.4, 0.5) is 0 Å². The highest BCUT2D eigenvalue weighted by atomic mass is 16.4. The Balaban J connectivity index is 0. The fourth-order valence-corrected chi connectivity index (χ4v) is 0.786. The SMILES string of the molecule is N[C@@H](CCC(=O)O)C(=O)O.O=C(O)CCC(O)C(=O)O. The van der Waals surface area contributed by atoms with Gasteiger partial charge in [0, 0.05) is 12.8 Å². The molecule has 2 atom stereocenters. The van der Waals surface area contributed by atoms with Gasteiger partial charge in [-0.25, -0.2) is 4.79 Å². The van der Waals surface area contributed by atoms with E-state index in [-0.39, 0.29) is 25.7 Å². The van der Waals surface area contributed by atoms with E-state index in [0.717, 1.165) is 0 Å². The summed E-state index contributed by atoms with van der Waals surface area (Å²) in [7, 11) is 0. The molecule has 0 saturated carbocycles. The lowest BCUT2D eigenvalue weighted by Gasteiger charge is -2.01. The van der Waals surface area contributed by atoms with Crippen LogP contribution in [0.15, 0.2) is 0 Å². The molecule has 0 fully saturated rings. The molecule has 0 rings (SSSR count). The van der Waals surface area contributed by atoms with Crippen LogP contribution in [0.3, 0.4) is 0 Å². The zero-order valence-electron chi connectivity index (χ0n) is 10.4. The first-order valence-electron chi connectivity index (χ1n) is 5.40. The van der Waals surface area contributed by atoms with Gasteiger partial charge < -0.3 is 31.3 Å². The number of hydrogen-bond acceptors (Lipinski definition) is 6. The van der Waals surface area contributed by atoms with Crippen LogP contribution in [0.1, 0.15) is 25.7 Å². The summed E-state index contributed by atoms with van der Waals surface area (Å²) in [5.74, 6) is -4.69. The van der Waals surface area contributed by atoms with Gasteiger partial charge in [0.15, 0.2) is 6.10 Å². The van der Waals surface area contributed by atoms with E-state index in [1.54, 1.807) is 0 Å². The summed E-state index contributed by atoms with van der Waals surface area (Å²) in [6.07, 6.45) is -2.35. The average Bonchev–Trinajstić information content (AvgIpc) is 2.33. The third kappa shape index (κ3) is 13.9. The Morgan fingerprint density at radius 3 is 1.50 bits per heavy atom. The zero-order chi connectivity index (χ0) is 16.3. The maximum Gasteiger partial charge on any atom is 0.332 e. The first-order valence-corrected chi connectivity index (χ1v) is 5.40. The van der Waals surface area contributed by atoms with Gasteiger partial charge in [-0.05, 0) is 12.8 Å². The summed E-state index contributed by atoms with van der Waals surface area (Å²) in [6.45, 7) is 0. The summed E-state index contributed by atoms with van der Waals surface area (Å²) in [6, 6.07) is -1.06. The Labute approximate surface area is 113 Å². The standard InChI is InChI=1S/C5H9NO4.C5H8O5/c2*6-3(5(9)10)1-2-4(7)8/h3H,1-2,6H2,(H,7,8)(H,9,10);3,6H,1-2H2,(H,7,8)(H,9,10)/t3-;/m0./s1. The molecule has 20 heavy (non-hydrogen) atoms. The third-order valence-electron chi connectivity index (χ3n) is 1.90. The quantitative estimate of drug-likeness (QED) is 0.308. The van der Waals surface area contributed by atoms with Crippen LogP contribution in [-0.2, 0) is 19.2 Å². The lowest BCUT2D eigenvalue weighted by atomic mass is 10.2. The predicted octanol–water partition coefficient (Wildman–Crippen LogP) is -1.44. The Bertz CT molecular complexity index is 321. The van der Waals surface area contributed by atoms with E-state index in [4.69, 9.17) is 31.3 Å². The van der Waals surface area contributed by atoms with Crippen molar-refractivity contribution >= 4 is 23.9 Å². The van der Waals surface area contributed by atoms with Gasteiger partial charge in [0.25, 0.3) is 0 Å². The summed E-state index contributed by atoms with van der Waals surface area (Å²) in [5.41, 5.74) is 5.00. The molecule has 0 saturated heterocycles. The van der Waals surface area contributed by atoms with Gasteiger partial charge in [0.1, 0.15) is 6.04 Å². The first kappa shape index (κ1) is 20.1. The largest absolute Gasteiger partial charge is 0.481 e. The van der Waals surface area contributed by atoms with E-state index >= 15 is 0 Å². The maximum absolute atomic E-state index is 9.99. The van der Waals surface area contributed by atoms with Crippen LogP contribution >= 0.6 is 0 Å². The van der Waals surface area contributed by atoms with Crippen molar-refractivity contribution in [3.05, 3.63) is 0 Å². The van der Waals surface area contributed by atoms with Crippen molar-refractivity contribution in [1.82, 2.24) is 0 Å². The van der Waals surface area contributed by atoms with Crippen LogP contribution in [0.25, 0.3) is 0 Å². The number of carboxylic acids is 4. The lowest BCUT2D eigenvalue weighted by Crippen LogP contribution is -2.30. The third-order valence-corrected chi connectivity index (χ3v) is 1.90. The van der Waals surface area contributed by atoms with Crippen molar-refractivity contribution in [1.29, 1.82) is 0 Å². The molecule has 1 unspecified atom stereocenters. The van der Waals surface area contributed by atoms with E-state index in [2.05, 4.69) is 0 Å². The molecule has 0 aliphatic carbocycles. The maximum atomic E-state index is 9.99. The van der Waals surface area contributed by atoms with Gasteiger partial charge in [-0.2, -0.15) is 0 Å². The molecule has 0 heterocycles. The normalized spacial score (nSPS) is 12.5. The van der Waals surface area contributed by atoms with E-state index in [1.165, 1.54) is 0 Å². The minimum atomic E-state index is -1.56. The van der Waals surface area contributed by atoms with Crippen LogP contribution in [-0.4, -0.2) is 61.6 Å². The Morgan fingerprint density at radius 1 is 0.800 bits per heavy atom. The average molecular weight is 295 g/mol. The fourth-order valence-electron chi connectivity index (χ4n) is 0.786. The molecule has 0 aromatic carbocycles. The molecular weight excluding hydrogens is 278 g/mol. The summed E-state index contributed by atoms with van der Waals surface area (Å²) in [4.78, 5) is 39.6. The van der Waals surface area contributed by atoms with Gasteiger partial charge in [0.2, 0.25) is 0 Å². The van der Waals surface area contributed by atoms with E-state index in [0.29, 0.717) is 0 Å². The van der Waals surface area contributed by atoms with Crippen molar-refractivity contribution in [3.63, 3.8) is 0 Å². The molecule has 7 N–H and O–H groups in total. The van der Waals surface area contributed by atoms with Crippen LogP contribution in [0, 0.1) is 0 Å². The first-order chi connectivity index (χ1) is 9.07. The molecule has 0 bridgehead atoms. The van der Waals surface area contributed by atoms with Gasteiger partial charge in [-0.15, -0.1) is 0 Å². The fraction of sp³-hybridized carbons (Fsp3) is 0.600. The second-order valence-electron chi connectivity index (χ2n) is 3.66. The second kappa shape index (κ2) is 10.7. The van der Waals surface area contributed by atoms with Crippen molar-refractivity contribution in [2.75, 3.05) is 0 Å². The van der Waals surface area contributed by atoms with E-state index in [1.807, 2.05) is 0 Å². The molecule has 0 aromatic rings. The molecule has 10 nitrogen and oxygen atoms in total. The van der Waals surface area contributed by atoms with Crippen molar-refractivity contribution in [2.24, 2.45) is 5.73 Å². The number of aliphatic hydroxyl groups is 1. The molecule has 0 aliphatic heterocycles. The summed E-state index contributed by atoms with van der Waals surface area (Å²) < 4.78 is 0. The topological polar surface area (TPSA) is 195 Å². The van der Waals surface area contributed by atoms with Gasteiger partial charge in [-0.3, -0.25) is 14.4 Å². The number of hydrogen-bond donors (Lipinski definition) is 6. The number of aliphatic carboxylic acids is 4. The number of rotatable bonds is 8. The Hall–Kier alpha value is -2.20. The molecule has 0 spiro atoms. The van der Waals surface area contributed by atoms with Crippen LogP contribution < -0.4 is 5.73 Å². The van der Waals surface area contributed by atoms with Gasteiger partial charge >= 0.3 is 23.9 Å². The monoisotopic (exact) mass is 295 g/mol. The second-order valence-corrected chi connectivity index (χ2v) is 3.66. The molecular formula is C10H17NO9. The van der Waals surface area contributed by atoms with Crippen LogP contribution in [0.5, 0.6) is 0 Å². The highest BCUT2D eigenvalue weighted by molar-refractivity contribution is 5.74. The number of nitrogens with two attached hydrogens (primary N) is 1. The molecule has 0 amide bonds. The van der Waals surface area contributed by atoms with Crippen molar-refractivity contribution in [2.45, 2.75) is 37.8 Å². The predicted molar refractivity (Wildman–Crippen MR) is 63.0 cm³/mol. The molecule has 116 valence electrons. The molecule has 0 aromatic heterocycles. The van der Waals surface area contributed by atoms with E-state index in [9.17, 15) is 19.2 Å².